The van der Waals surface area contributed by atoms with E-state index < -0.39 is 0 Å². The second-order valence-electron chi connectivity index (χ2n) is 2.31. The van der Waals surface area contributed by atoms with Crippen molar-refractivity contribution in [1.29, 1.82) is 5.26 Å². The van der Waals surface area contributed by atoms with E-state index >= 15 is 0 Å². The van der Waals surface area contributed by atoms with Crippen LogP contribution in [0.2, 0.25) is 0 Å². The minimum Gasteiger partial charge on any atom is -0.274 e. The number of rotatable bonds is 1. The predicted molar refractivity (Wildman–Crippen MR) is 43.9 cm³/mol. The molecule has 0 aliphatic carbocycles. The average Bonchev–Trinajstić information content (AvgIpc) is 2.67. The zero-order valence-corrected chi connectivity index (χ0v) is 6.62. The molecule has 0 atom stereocenters. The maximum Gasteiger partial charge on any atom is 0.218 e. The van der Waals surface area contributed by atoms with Gasteiger partial charge in [-0.3, -0.25) is 4.57 Å². The van der Waals surface area contributed by atoms with Crippen LogP contribution in [0, 0.1) is 11.3 Å². The van der Waals surface area contributed by atoms with Crippen LogP contribution in [0.5, 0.6) is 0 Å². The lowest BCUT2D eigenvalue weighted by Crippen LogP contribution is -1.99. The van der Waals surface area contributed by atoms with Gasteiger partial charge in [-0.05, 0) is 12.1 Å². The van der Waals surface area contributed by atoms with Crippen molar-refractivity contribution >= 4 is 0 Å². The first-order valence-corrected chi connectivity index (χ1v) is 3.63. The van der Waals surface area contributed by atoms with Gasteiger partial charge in [0, 0.05) is 18.6 Å². The number of nitrogens with zero attached hydrogens (tertiary/aromatic N) is 5. The highest BCUT2D eigenvalue weighted by Crippen LogP contribution is 2.04. The third-order valence-corrected chi connectivity index (χ3v) is 1.55. The molecular formula is C8H5N5. The third kappa shape index (κ3) is 1.25. The number of hydrogen-bond acceptors (Lipinski definition) is 4. The summed E-state index contributed by atoms with van der Waals surface area (Å²) in [6.07, 6.45) is 4.79. The molecule has 0 radical (unpaired) electrons. The molecule has 0 unspecified atom stereocenters. The van der Waals surface area contributed by atoms with E-state index in [-0.39, 0.29) is 0 Å². The summed E-state index contributed by atoms with van der Waals surface area (Å²) in [6, 6.07) is 5.47. The largest absolute Gasteiger partial charge is 0.274 e. The monoisotopic (exact) mass is 171 g/mol. The Morgan fingerprint density at radius 1 is 1.38 bits per heavy atom. The molecule has 2 aromatic heterocycles. The lowest BCUT2D eigenvalue weighted by atomic mass is 10.5. The van der Waals surface area contributed by atoms with E-state index in [4.69, 9.17) is 5.26 Å². The molecular weight excluding hydrogens is 166 g/mol. The van der Waals surface area contributed by atoms with E-state index in [0.717, 1.165) is 0 Å². The molecule has 0 saturated carbocycles. The highest BCUT2D eigenvalue weighted by molar-refractivity contribution is 5.27. The van der Waals surface area contributed by atoms with Gasteiger partial charge in [-0.15, -0.1) is 5.10 Å². The molecule has 2 rings (SSSR count). The molecule has 0 N–H and O–H groups in total. The van der Waals surface area contributed by atoms with Gasteiger partial charge in [-0.1, -0.05) is 0 Å². The smallest absolute Gasteiger partial charge is 0.218 e. The van der Waals surface area contributed by atoms with Crippen molar-refractivity contribution in [2.45, 2.75) is 0 Å². The second kappa shape index (κ2) is 3.03. The maximum atomic E-state index is 8.69. The molecule has 0 aliphatic heterocycles. The first kappa shape index (κ1) is 7.43. The normalized spacial score (nSPS) is 9.46. The van der Waals surface area contributed by atoms with E-state index in [1.165, 1.54) is 0 Å². The van der Waals surface area contributed by atoms with Gasteiger partial charge in [0.1, 0.15) is 6.07 Å². The zero-order chi connectivity index (χ0) is 9.10. The van der Waals surface area contributed by atoms with Crippen LogP contribution < -0.4 is 0 Å². The molecule has 0 saturated heterocycles. The van der Waals surface area contributed by atoms with Crippen LogP contribution in [-0.4, -0.2) is 19.7 Å². The van der Waals surface area contributed by atoms with Crippen molar-refractivity contribution < 1.29 is 0 Å². The first-order chi connectivity index (χ1) is 6.42. The number of hydrogen-bond donors (Lipinski definition) is 0. The minimum absolute atomic E-state index is 0.306. The number of nitriles is 1. The highest BCUT2D eigenvalue weighted by Gasteiger charge is 2.03. The van der Waals surface area contributed by atoms with Gasteiger partial charge in [0.15, 0.2) is 5.82 Å². The van der Waals surface area contributed by atoms with Crippen molar-refractivity contribution in [2.75, 3.05) is 0 Å². The van der Waals surface area contributed by atoms with Crippen LogP contribution in [0.4, 0.5) is 0 Å². The quantitative estimate of drug-likeness (QED) is 0.627. The molecule has 2 aromatic rings. The SMILES string of the molecule is N#Cc1nccn1-c1cccnn1. The van der Waals surface area contributed by atoms with Gasteiger partial charge in [0.25, 0.3) is 0 Å². The van der Waals surface area contributed by atoms with E-state index in [1.807, 2.05) is 6.07 Å². The van der Waals surface area contributed by atoms with Crippen LogP contribution in [0.15, 0.2) is 30.7 Å². The lowest BCUT2D eigenvalue weighted by Gasteiger charge is -1.98. The summed E-state index contributed by atoms with van der Waals surface area (Å²) < 4.78 is 1.58. The summed E-state index contributed by atoms with van der Waals surface area (Å²) in [5.74, 6) is 0.900. The number of aromatic nitrogens is 4. The second-order valence-corrected chi connectivity index (χ2v) is 2.31. The molecule has 5 heteroatoms. The van der Waals surface area contributed by atoms with Gasteiger partial charge in [-0.2, -0.15) is 10.4 Å². The van der Waals surface area contributed by atoms with Crippen LogP contribution in [0.1, 0.15) is 5.82 Å². The third-order valence-electron chi connectivity index (χ3n) is 1.55. The van der Waals surface area contributed by atoms with E-state index in [0.29, 0.717) is 11.6 Å². The highest BCUT2D eigenvalue weighted by atomic mass is 15.2. The predicted octanol–water partition coefficient (Wildman–Crippen LogP) is 0.534. The van der Waals surface area contributed by atoms with Crippen LogP contribution in [-0.2, 0) is 0 Å². The van der Waals surface area contributed by atoms with Gasteiger partial charge in [0.05, 0.1) is 0 Å². The van der Waals surface area contributed by atoms with Gasteiger partial charge < -0.3 is 0 Å². The van der Waals surface area contributed by atoms with Crippen molar-refractivity contribution in [1.82, 2.24) is 19.7 Å². The molecule has 5 nitrogen and oxygen atoms in total. The molecule has 0 aliphatic rings. The molecule has 0 fully saturated rings. The maximum absolute atomic E-state index is 8.69. The topological polar surface area (TPSA) is 67.4 Å². The Bertz CT molecular complexity index is 439. The fraction of sp³-hybridized carbons (Fsp3) is 0. The summed E-state index contributed by atoms with van der Waals surface area (Å²) in [5, 5.41) is 16.2. The van der Waals surface area contributed by atoms with Crippen LogP contribution >= 0.6 is 0 Å². The summed E-state index contributed by atoms with van der Waals surface area (Å²) in [5.41, 5.74) is 0. The summed E-state index contributed by atoms with van der Waals surface area (Å²) in [7, 11) is 0. The molecule has 13 heavy (non-hydrogen) atoms. The van der Waals surface area contributed by atoms with Crippen molar-refractivity contribution in [3.8, 4) is 11.9 Å². The lowest BCUT2D eigenvalue weighted by molar-refractivity contribution is 0.899. The Morgan fingerprint density at radius 2 is 2.31 bits per heavy atom. The summed E-state index contributed by atoms with van der Waals surface area (Å²) in [6.45, 7) is 0. The Balaban J connectivity index is 2.54. The Morgan fingerprint density at radius 3 is 3.00 bits per heavy atom. The fourth-order valence-corrected chi connectivity index (χ4v) is 0.993. The summed E-state index contributed by atoms with van der Waals surface area (Å²) >= 11 is 0. The molecule has 62 valence electrons. The first-order valence-electron chi connectivity index (χ1n) is 3.63. The van der Waals surface area contributed by atoms with Crippen molar-refractivity contribution in [3.63, 3.8) is 0 Å². The van der Waals surface area contributed by atoms with Crippen LogP contribution in [0.3, 0.4) is 0 Å². The average molecular weight is 171 g/mol. The Kier molecular flexibility index (Phi) is 1.73. The van der Waals surface area contributed by atoms with E-state index in [2.05, 4.69) is 15.2 Å². The Hall–Kier alpha value is -2.22. The van der Waals surface area contributed by atoms with Crippen LogP contribution in [0.25, 0.3) is 5.82 Å². The minimum atomic E-state index is 0.306. The fourth-order valence-electron chi connectivity index (χ4n) is 0.993. The standard InChI is InChI=1S/C8H5N5/c9-6-8-10-4-5-13(8)7-2-1-3-11-12-7/h1-5H. The summed E-state index contributed by atoms with van der Waals surface area (Å²) in [4.78, 5) is 3.85. The zero-order valence-electron chi connectivity index (χ0n) is 6.62. The van der Waals surface area contributed by atoms with Gasteiger partial charge in [-0.25, -0.2) is 4.98 Å². The molecule has 0 amide bonds. The van der Waals surface area contributed by atoms with Crippen molar-refractivity contribution in [2.24, 2.45) is 0 Å². The molecule has 0 bridgehead atoms. The Labute approximate surface area is 74.3 Å². The van der Waals surface area contributed by atoms with Gasteiger partial charge in [0.2, 0.25) is 5.82 Å². The molecule has 2 heterocycles. The van der Waals surface area contributed by atoms with E-state index in [1.54, 1.807) is 35.3 Å². The van der Waals surface area contributed by atoms with Crippen molar-refractivity contribution in [3.05, 3.63) is 36.5 Å². The number of imidazole rings is 1. The molecule has 0 aromatic carbocycles. The van der Waals surface area contributed by atoms with E-state index in [9.17, 15) is 0 Å². The molecule has 0 spiro atoms. The van der Waals surface area contributed by atoms with Gasteiger partial charge >= 0.3 is 0 Å².